The van der Waals surface area contributed by atoms with Gasteiger partial charge in [0.2, 0.25) is 0 Å². The average molecular weight is 330 g/mol. The maximum absolute atomic E-state index is 2.49. The monoisotopic (exact) mass is 330 g/mol. The molecule has 0 saturated carbocycles. The molecule has 0 heterocycles. The van der Waals surface area contributed by atoms with E-state index in [2.05, 4.69) is 60.7 Å². The summed E-state index contributed by atoms with van der Waals surface area (Å²) in [7, 11) is 0. The molecule has 0 heteroatoms. The third kappa shape index (κ3) is 1.60. The lowest BCUT2D eigenvalue weighted by molar-refractivity contribution is 1.21. The number of allylic oxidation sites excluding steroid dienone is 2. The van der Waals surface area contributed by atoms with E-state index in [1.165, 1.54) is 66.8 Å². The van der Waals surface area contributed by atoms with Gasteiger partial charge in [-0.25, -0.2) is 0 Å². The molecular formula is C26H18. The van der Waals surface area contributed by atoms with E-state index < -0.39 is 0 Å². The van der Waals surface area contributed by atoms with Crippen molar-refractivity contribution in [3.63, 3.8) is 0 Å². The molecule has 0 spiro atoms. The van der Waals surface area contributed by atoms with Gasteiger partial charge in [-0.3, -0.25) is 0 Å². The van der Waals surface area contributed by atoms with E-state index in [9.17, 15) is 0 Å². The predicted molar refractivity (Wildman–Crippen MR) is 108 cm³/mol. The fourth-order valence-electron chi connectivity index (χ4n) is 5.40. The molecule has 0 atom stereocenters. The summed E-state index contributed by atoms with van der Waals surface area (Å²) in [4.78, 5) is 0. The maximum Gasteiger partial charge on any atom is -0.00131 e. The second-order valence-electron chi connectivity index (χ2n) is 8.15. The van der Waals surface area contributed by atoms with Crippen LogP contribution in [0.2, 0.25) is 0 Å². The standard InChI is InChI=1S/C26H18/c1-3-15-7-19-9-21-14-26-22(13-25(21)23(19)11-17(15)5-1)10-20-8-16-4-2-6-18(16)12-24(20)26/h1-2,5-8,11-14H,3-4,9-10H2. The van der Waals surface area contributed by atoms with Crippen LogP contribution in [0.1, 0.15) is 44.5 Å². The Labute approximate surface area is 153 Å². The van der Waals surface area contributed by atoms with Crippen LogP contribution in [0.3, 0.4) is 0 Å². The van der Waals surface area contributed by atoms with E-state index in [1.807, 2.05) is 0 Å². The van der Waals surface area contributed by atoms with Gasteiger partial charge >= 0.3 is 0 Å². The quantitative estimate of drug-likeness (QED) is 0.328. The van der Waals surface area contributed by atoms with Crippen molar-refractivity contribution < 1.29 is 0 Å². The first-order chi connectivity index (χ1) is 12.8. The predicted octanol–water partition coefficient (Wildman–Crippen LogP) is 5.97. The summed E-state index contributed by atoms with van der Waals surface area (Å²) in [5.41, 5.74) is 17.8. The highest BCUT2D eigenvalue weighted by Gasteiger charge is 2.27. The van der Waals surface area contributed by atoms with E-state index in [0.29, 0.717) is 0 Å². The van der Waals surface area contributed by atoms with Crippen LogP contribution in [0.5, 0.6) is 0 Å². The Balaban J connectivity index is 1.42. The Morgan fingerprint density at radius 2 is 0.846 bits per heavy atom. The summed E-state index contributed by atoms with van der Waals surface area (Å²) in [6, 6.07) is 14.7. The Hall–Kier alpha value is -2.86. The van der Waals surface area contributed by atoms with Gasteiger partial charge in [-0.1, -0.05) is 36.4 Å². The van der Waals surface area contributed by atoms with E-state index in [1.54, 1.807) is 0 Å². The van der Waals surface area contributed by atoms with Crippen molar-refractivity contribution in [1.82, 2.24) is 0 Å². The summed E-state index contributed by atoms with van der Waals surface area (Å²) in [5.74, 6) is 0. The van der Waals surface area contributed by atoms with E-state index in [-0.39, 0.29) is 0 Å². The zero-order chi connectivity index (χ0) is 16.8. The molecule has 7 rings (SSSR count). The van der Waals surface area contributed by atoms with Gasteiger partial charge in [0, 0.05) is 0 Å². The van der Waals surface area contributed by atoms with Gasteiger partial charge < -0.3 is 0 Å². The molecule has 0 radical (unpaired) electrons. The zero-order valence-electron chi connectivity index (χ0n) is 14.6. The third-order valence-electron chi connectivity index (χ3n) is 6.67. The van der Waals surface area contributed by atoms with Gasteiger partial charge in [0.15, 0.2) is 0 Å². The minimum atomic E-state index is 1.09. The van der Waals surface area contributed by atoms with Gasteiger partial charge in [0.05, 0.1) is 0 Å². The van der Waals surface area contributed by atoms with Crippen LogP contribution in [0.15, 0.2) is 48.6 Å². The smallest absolute Gasteiger partial charge is 0.00131 e. The lowest BCUT2D eigenvalue weighted by atomic mass is 9.96. The Morgan fingerprint density at radius 1 is 0.423 bits per heavy atom. The first-order valence-corrected chi connectivity index (χ1v) is 9.65. The molecule has 3 aromatic rings. The molecule has 0 bridgehead atoms. The van der Waals surface area contributed by atoms with Crippen molar-refractivity contribution in [1.29, 1.82) is 0 Å². The van der Waals surface area contributed by atoms with Crippen molar-refractivity contribution in [3.8, 4) is 22.3 Å². The fraction of sp³-hybridized carbons (Fsp3) is 0.154. The van der Waals surface area contributed by atoms with Crippen molar-refractivity contribution in [3.05, 3.63) is 93.1 Å². The lowest BCUT2D eigenvalue weighted by Crippen LogP contribution is -1.87. The highest BCUT2D eigenvalue weighted by molar-refractivity contribution is 5.88. The summed E-state index contributed by atoms with van der Waals surface area (Å²) in [6.45, 7) is 0. The molecule has 0 unspecified atom stereocenters. The number of hydrogen-bond acceptors (Lipinski definition) is 0. The molecule has 0 aliphatic heterocycles. The summed E-state index contributed by atoms with van der Waals surface area (Å²) < 4.78 is 0. The second kappa shape index (κ2) is 4.45. The first-order valence-electron chi connectivity index (χ1n) is 9.65. The van der Waals surface area contributed by atoms with Crippen LogP contribution in [-0.4, -0.2) is 0 Å². The SMILES string of the molecule is C1=Cc2cc3c(cc2C1)Cc1cc2c(cc1-3)Cc1cc3c(cc1-2)C=CC3. The number of rotatable bonds is 0. The average Bonchev–Trinajstić information content (AvgIpc) is 3.40. The van der Waals surface area contributed by atoms with Crippen LogP contribution in [0, 0.1) is 0 Å². The second-order valence-corrected chi connectivity index (χ2v) is 8.15. The molecule has 0 amide bonds. The maximum atomic E-state index is 2.49. The zero-order valence-corrected chi connectivity index (χ0v) is 14.6. The molecule has 3 aromatic carbocycles. The molecular weight excluding hydrogens is 312 g/mol. The van der Waals surface area contributed by atoms with Crippen LogP contribution in [0.25, 0.3) is 34.4 Å². The van der Waals surface area contributed by atoms with Crippen molar-refractivity contribution in [2.75, 3.05) is 0 Å². The number of hydrogen-bond donors (Lipinski definition) is 0. The molecule has 0 fully saturated rings. The molecule has 4 aliphatic carbocycles. The Morgan fingerprint density at radius 3 is 1.35 bits per heavy atom. The number of benzene rings is 3. The molecule has 0 N–H and O–H groups in total. The van der Waals surface area contributed by atoms with Crippen LogP contribution < -0.4 is 0 Å². The molecule has 0 nitrogen and oxygen atoms in total. The van der Waals surface area contributed by atoms with Gasteiger partial charge in [0.25, 0.3) is 0 Å². The van der Waals surface area contributed by atoms with Gasteiger partial charge in [-0.2, -0.15) is 0 Å². The van der Waals surface area contributed by atoms with Crippen LogP contribution in [0.4, 0.5) is 0 Å². The molecule has 0 aromatic heterocycles. The topological polar surface area (TPSA) is 0 Å². The largest absolute Gasteiger partial charge is 0.0795 e. The fourth-order valence-corrected chi connectivity index (χ4v) is 5.40. The van der Waals surface area contributed by atoms with E-state index in [0.717, 1.165) is 25.7 Å². The lowest BCUT2D eigenvalue weighted by Gasteiger charge is -2.08. The molecule has 0 saturated heterocycles. The Kier molecular flexibility index (Phi) is 2.29. The third-order valence-corrected chi connectivity index (χ3v) is 6.67. The van der Waals surface area contributed by atoms with Gasteiger partial charge in [0.1, 0.15) is 0 Å². The summed E-state index contributed by atoms with van der Waals surface area (Å²) >= 11 is 0. The molecule has 4 aliphatic rings. The normalized spacial score (nSPS) is 16.3. The highest BCUT2D eigenvalue weighted by Crippen LogP contribution is 2.46. The van der Waals surface area contributed by atoms with Crippen molar-refractivity contribution in [2.45, 2.75) is 25.7 Å². The minimum absolute atomic E-state index is 1.09. The summed E-state index contributed by atoms with van der Waals surface area (Å²) in [6.07, 6.45) is 13.5. The van der Waals surface area contributed by atoms with Crippen LogP contribution in [-0.2, 0) is 25.7 Å². The summed E-state index contributed by atoms with van der Waals surface area (Å²) in [5, 5.41) is 0. The van der Waals surface area contributed by atoms with Crippen molar-refractivity contribution in [2.24, 2.45) is 0 Å². The van der Waals surface area contributed by atoms with E-state index in [4.69, 9.17) is 0 Å². The highest BCUT2D eigenvalue weighted by atomic mass is 14.3. The number of fused-ring (bicyclic) bond motifs is 8. The Bertz CT molecular complexity index is 1120. The van der Waals surface area contributed by atoms with Gasteiger partial charge in [-0.05, 0) is 117 Å². The molecule has 26 heavy (non-hydrogen) atoms. The van der Waals surface area contributed by atoms with E-state index >= 15 is 0 Å². The van der Waals surface area contributed by atoms with Crippen molar-refractivity contribution >= 4 is 12.2 Å². The minimum Gasteiger partial charge on any atom is -0.0795 e. The van der Waals surface area contributed by atoms with Gasteiger partial charge in [-0.15, -0.1) is 0 Å². The first kappa shape index (κ1) is 13.4. The van der Waals surface area contributed by atoms with Crippen LogP contribution >= 0.6 is 0 Å². The molecule has 122 valence electrons.